The summed E-state index contributed by atoms with van der Waals surface area (Å²) in [6.07, 6.45) is 0. The smallest absolute Gasteiger partial charge is 0.312 e. The zero-order valence-corrected chi connectivity index (χ0v) is 10.2. The van der Waals surface area contributed by atoms with Crippen LogP contribution in [0, 0.1) is 0 Å². The van der Waals surface area contributed by atoms with E-state index in [2.05, 4.69) is 10.6 Å². The Morgan fingerprint density at radius 2 is 1.89 bits per heavy atom. The maximum absolute atomic E-state index is 11.6. The molecule has 6 nitrogen and oxygen atoms in total. The normalized spacial score (nSPS) is 13.4. The van der Waals surface area contributed by atoms with Crippen molar-refractivity contribution in [2.45, 2.75) is 19.0 Å². The highest BCUT2D eigenvalue weighted by molar-refractivity contribution is 5.86. The average molecular weight is 250 g/mol. The molecule has 0 fully saturated rings. The number of hydrogen-bond acceptors (Lipinski definition) is 3. The minimum Gasteiger partial charge on any atom is -0.352 e. The molecule has 0 bridgehead atoms. The molecular formula is C12H18N4O2. The van der Waals surface area contributed by atoms with E-state index < -0.39 is 12.1 Å². The van der Waals surface area contributed by atoms with Crippen molar-refractivity contribution >= 4 is 11.9 Å². The molecule has 0 saturated carbocycles. The van der Waals surface area contributed by atoms with Crippen molar-refractivity contribution in [3.8, 4) is 0 Å². The third-order valence-corrected chi connectivity index (χ3v) is 2.48. The molecule has 0 aliphatic rings. The summed E-state index contributed by atoms with van der Waals surface area (Å²) in [5.41, 5.74) is 11.8. The van der Waals surface area contributed by atoms with Gasteiger partial charge in [0.25, 0.3) is 0 Å². The standard InChI is InChI=1S/C12H18N4O2/c1-8(16-12(14)18)11(17)15-7-10(13)9-5-3-2-4-6-9/h2-6,8,10H,7,13H2,1H3,(H,15,17)(H3,14,16,18). The second kappa shape index (κ2) is 6.61. The Kier molecular flexibility index (Phi) is 5.13. The fourth-order valence-corrected chi connectivity index (χ4v) is 1.46. The molecule has 98 valence electrons. The van der Waals surface area contributed by atoms with E-state index in [1.165, 1.54) is 0 Å². The van der Waals surface area contributed by atoms with Crippen LogP contribution in [0.3, 0.4) is 0 Å². The minimum atomic E-state index is -0.731. The molecule has 0 aliphatic carbocycles. The van der Waals surface area contributed by atoms with E-state index in [0.29, 0.717) is 6.54 Å². The van der Waals surface area contributed by atoms with Crippen molar-refractivity contribution in [2.24, 2.45) is 11.5 Å². The molecule has 3 amide bonds. The maximum Gasteiger partial charge on any atom is 0.312 e. The topological polar surface area (TPSA) is 110 Å². The molecule has 18 heavy (non-hydrogen) atoms. The lowest BCUT2D eigenvalue weighted by Crippen LogP contribution is -2.48. The van der Waals surface area contributed by atoms with E-state index in [1.54, 1.807) is 6.92 Å². The zero-order chi connectivity index (χ0) is 13.5. The van der Waals surface area contributed by atoms with Crippen LogP contribution in [-0.4, -0.2) is 24.5 Å². The van der Waals surface area contributed by atoms with Crippen LogP contribution < -0.4 is 22.1 Å². The number of carbonyl (C=O) groups excluding carboxylic acids is 2. The van der Waals surface area contributed by atoms with Gasteiger partial charge in [-0.15, -0.1) is 0 Å². The van der Waals surface area contributed by atoms with Gasteiger partial charge in [-0.2, -0.15) is 0 Å². The van der Waals surface area contributed by atoms with E-state index >= 15 is 0 Å². The first-order valence-electron chi connectivity index (χ1n) is 5.65. The molecule has 6 N–H and O–H groups in total. The SMILES string of the molecule is CC(NC(N)=O)C(=O)NCC(N)c1ccccc1. The summed E-state index contributed by atoms with van der Waals surface area (Å²) in [5, 5.41) is 4.94. The quantitative estimate of drug-likeness (QED) is 0.583. The van der Waals surface area contributed by atoms with Gasteiger partial charge < -0.3 is 22.1 Å². The van der Waals surface area contributed by atoms with Crippen LogP contribution in [0.4, 0.5) is 4.79 Å². The van der Waals surface area contributed by atoms with Crippen molar-refractivity contribution < 1.29 is 9.59 Å². The molecular weight excluding hydrogens is 232 g/mol. The fourth-order valence-electron chi connectivity index (χ4n) is 1.46. The molecule has 2 unspecified atom stereocenters. The van der Waals surface area contributed by atoms with Crippen LogP contribution in [0.25, 0.3) is 0 Å². The van der Waals surface area contributed by atoms with E-state index in [-0.39, 0.29) is 11.9 Å². The predicted octanol–water partition coefficient (Wildman–Crippen LogP) is -0.141. The Bertz CT molecular complexity index is 408. The Balaban J connectivity index is 2.41. The summed E-state index contributed by atoms with van der Waals surface area (Å²) in [4.78, 5) is 22.2. The number of hydrogen-bond donors (Lipinski definition) is 4. The monoisotopic (exact) mass is 250 g/mol. The highest BCUT2D eigenvalue weighted by atomic mass is 16.2. The van der Waals surface area contributed by atoms with E-state index in [0.717, 1.165) is 5.56 Å². The Labute approximate surface area is 106 Å². The van der Waals surface area contributed by atoms with E-state index in [9.17, 15) is 9.59 Å². The number of rotatable bonds is 5. The van der Waals surface area contributed by atoms with Crippen LogP contribution in [0.1, 0.15) is 18.5 Å². The van der Waals surface area contributed by atoms with Gasteiger partial charge >= 0.3 is 6.03 Å². The first-order chi connectivity index (χ1) is 8.50. The van der Waals surface area contributed by atoms with Crippen molar-refractivity contribution in [1.82, 2.24) is 10.6 Å². The number of nitrogens with one attached hydrogen (secondary N) is 2. The highest BCUT2D eigenvalue weighted by Crippen LogP contribution is 2.07. The summed E-state index contributed by atoms with van der Waals surface area (Å²) in [7, 11) is 0. The van der Waals surface area contributed by atoms with Crippen LogP contribution in [0.15, 0.2) is 30.3 Å². The zero-order valence-electron chi connectivity index (χ0n) is 10.2. The number of nitrogens with two attached hydrogens (primary N) is 2. The molecule has 0 heterocycles. The lowest BCUT2D eigenvalue weighted by molar-refractivity contribution is -0.122. The fraction of sp³-hybridized carbons (Fsp3) is 0.333. The molecule has 1 aromatic carbocycles. The van der Waals surface area contributed by atoms with Crippen molar-refractivity contribution in [3.63, 3.8) is 0 Å². The van der Waals surface area contributed by atoms with Crippen molar-refractivity contribution in [2.75, 3.05) is 6.54 Å². The lowest BCUT2D eigenvalue weighted by Gasteiger charge is -2.16. The van der Waals surface area contributed by atoms with Gasteiger partial charge in [0.05, 0.1) is 0 Å². The molecule has 0 spiro atoms. The minimum absolute atomic E-state index is 0.282. The summed E-state index contributed by atoms with van der Waals surface area (Å²) < 4.78 is 0. The largest absolute Gasteiger partial charge is 0.352 e. The molecule has 1 rings (SSSR count). The highest BCUT2D eigenvalue weighted by Gasteiger charge is 2.15. The molecule has 0 radical (unpaired) electrons. The van der Waals surface area contributed by atoms with Gasteiger partial charge in [0, 0.05) is 12.6 Å². The Hall–Kier alpha value is -2.08. The molecule has 0 aromatic heterocycles. The van der Waals surface area contributed by atoms with Gasteiger partial charge in [0.1, 0.15) is 6.04 Å². The van der Waals surface area contributed by atoms with Crippen LogP contribution in [-0.2, 0) is 4.79 Å². The van der Waals surface area contributed by atoms with Crippen molar-refractivity contribution in [3.05, 3.63) is 35.9 Å². The second-order valence-electron chi connectivity index (χ2n) is 3.99. The average Bonchev–Trinajstić information content (AvgIpc) is 2.35. The van der Waals surface area contributed by atoms with Crippen molar-refractivity contribution in [1.29, 1.82) is 0 Å². The van der Waals surface area contributed by atoms with Gasteiger partial charge in [-0.05, 0) is 12.5 Å². The van der Waals surface area contributed by atoms with Crippen LogP contribution in [0.2, 0.25) is 0 Å². The first-order valence-corrected chi connectivity index (χ1v) is 5.65. The number of amides is 3. The van der Waals surface area contributed by atoms with E-state index in [1.807, 2.05) is 30.3 Å². The number of urea groups is 1. The Morgan fingerprint density at radius 3 is 2.44 bits per heavy atom. The molecule has 6 heteroatoms. The Morgan fingerprint density at radius 1 is 1.28 bits per heavy atom. The van der Waals surface area contributed by atoms with Gasteiger partial charge in [0.15, 0.2) is 0 Å². The maximum atomic E-state index is 11.6. The molecule has 2 atom stereocenters. The summed E-state index contributed by atoms with van der Waals surface area (Å²) in [6.45, 7) is 1.85. The molecule has 0 saturated heterocycles. The van der Waals surface area contributed by atoms with Gasteiger partial charge in [-0.3, -0.25) is 4.79 Å². The summed E-state index contributed by atoms with van der Waals surface area (Å²) in [6, 6.07) is 7.76. The molecule has 0 aliphatic heterocycles. The number of primary amides is 1. The number of carbonyl (C=O) groups is 2. The third-order valence-electron chi connectivity index (χ3n) is 2.48. The summed E-state index contributed by atoms with van der Waals surface area (Å²) >= 11 is 0. The lowest BCUT2D eigenvalue weighted by atomic mass is 10.1. The van der Waals surface area contributed by atoms with Gasteiger partial charge in [-0.1, -0.05) is 30.3 Å². The van der Waals surface area contributed by atoms with Gasteiger partial charge in [0.2, 0.25) is 5.91 Å². The number of benzene rings is 1. The third kappa shape index (κ3) is 4.42. The van der Waals surface area contributed by atoms with Gasteiger partial charge in [-0.25, -0.2) is 4.79 Å². The first kappa shape index (κ1) is 14.0. The molecule has 1 aromatic rings. The van der Waals surface area contributed by atoms with Crippen LogP contribution in [0.5, 0.6) is 0 Å². The predicted molar refractivity (Wildman–Crippen MR) is 68.6 cm³/mol. The van der Waals surface area contributed by atoms with Crippen LogP contribution >= 0.6 is 0 Å². The summed E-state index contributed by atoms with van der Waals surface area (Å²) in [5.74, 6) is -0.319. The second-order valence-corrected chi connectivity index (χ2v) is 3.99. The van der Waals surface area contributed by atoms with E-state index in [4.69, 9.17) is 11.5 Å².